The Morgan fingerprint density at radius 3 is 2.50 bits per heavy atom. The first kappa shape index (κ1) is 18.7. The summed E-state index contributed by atoms with van der Waals surface area (Å²) in [4.78, 5) is 26.9. The molecule has 1 aromatic rings. The van der Waals surface area contributed by atoms with Gasteiger partial charge in [0.25, 0.3) is 0 Å². The van der Waals surface area contributed by atoms with Gasteiger partial charge in [0.15, 0.2) is 0 Å². The molecule has 1 aromatic carbocycles. The summed E-state index contributed by atoms with van der Waals surface area (Å²) in [6, 6.07) is 7.70. The van der Waals surface area contributed by atoms with Crippen molar-refractivity contribution < 1.29 is 14.3 Å². The number of hydrogen-bond acceptors (Lipinski definition) is 4. The molecule has 0 aliphatic carbocycles. The maximum absolute atomic E-state index is 12.6. The molecule has 1 atom stereocenters. The molecule has 6 nitrogen and oxygen atoms in total. The predicted octanol–water partition coefficient (Wildman–Crippen LogP) is 1.55. The van der Waals surface area contributed by atoms with Crippen molar-refractivity contribution in [3.63, 3.8) is 0 Å². The lowest BCUT2D eigenvalue weighted by atomic mass is 9.93. The van der Waals surface area contributed by atoms with Crippen molar-refractivity contribution in [3.05, 3.63) is 29.8 Å². The van der Waals surface area contributed by atoms with E-state index in [1.54, 1.807) is 7.11 Å². The molecule has 2 amide bonds. The standard InChI is InChI=1S/C20H29N3O3/c1-26-18-6-4-15(5-7-18)13-22-19(24)16-8-11-23(12-9-16)20(25)17-3-2-10-21-14-17/h4-7,16-17,21H,2-3,8-14H2,1H3,(H,22,24). The molecule has 2 fully saturated rings. The highest BCUT2D eigenvalue weighted by atomic mass is 16.5. The largest absolute Gasteiger partial charge is 0.497 e. The van der Waals surface area contributed by atoms with E-state index in [4.69, 9.17) is 4.74 Å². The number of nitrogens with zero attached hydrogens (tertiary/aromatic N) is 1. The van der Waals surface area contributed by atoms with Crippen molar-refractivity contribution in [2.45, 2.75) is 32.2 Å². The fourth-order valence-corrected chi connectivity index (χ4v) is 3.76. The number of amides is 2. The van der Waals surface area contributed by atoms with Crippen LogP contribution in [0.1, 0.15) is 31.2 Å². The Labute approximate surface area is 155 Å². The number of carbonyl (C=O) groups excluding carboxylic acids is 2. The number of methoxy groups -OCH3 is 1. The van der Waals surface area contributed by atoms with Gasteiger partial charge in [-0.25, -0.2) is 0 Å². The van der Waals surface area contributed by atoms with E-state index in [1.807, 2.05) is 29.2 Å². The number of carbonyl (C=O) groups is 2. The Balaban J connectivity index is 1.42. The molecule has 3 rings (SSSR count). The van der Waals surface area contributed by atoms with E-state index in [-0.39, 0.29) is 23.7 Å². The number of rotatable bonds is 5. The monoisotopic (exact) mass is 359 g/mol. The second-order valence-corrected chi connectivity index (χ2v) is 7.21. The Kier molecular flexibility index (Phi) is 6.50. The maximum Gasteiger partial charge on any atom is 0.226 e. The van der Waals surface area contributed by atoms with Crippen LogP contribution in [-0.2, 0) is 16.1 Å². The third-order valence-electron chi connectivity index (χ3n) is 5.45. The van der Waals surface area contributed by atoms with Gasteiger partial charge in [-0.3, -0.25) is 9.59 Å². The van der Waals surface area contributed by atoms with Crippen LogP contribution in [0.3, 0.4) is 0 Å². The molecule has 0 bridgehead atoms. The smallest absolute Gasteiger partial charge is 0.226 e. The molecule has 2 N–H and O–H groups in total. The summed E-state index contributed by atoms with van der Waals surface area (Å²) in [7, 11) is 1.64. The quantitative estimate of drug-likeness (QED) is 0.837. The molecule has 142 valence electrons. The van der Waals surface area contributed by atoms with E-state index >= 15 is 0 Å². The van der Waals surface area contributed by atoms with Gasteiger partial charge < -0.3 is 20.3 Å². The Morgan fingerprint density at radius 2 is 1.88 bits per heavy atom. The van der Waals surface area contributed by atoms with Crippen molar-refractivity contribution >= 4 is 11.8 Å². The second-order valence-electron chi connectivity index (χ2n) is 7.21. The van der Waals surface area contributed by atoms with Crippen molar-refractivity contribution in [3.8, 4) is 5.75 Å². The summed E-state index contributed by atoms with van der Waals surface area (Å²) < 4.78 is 5.14. The Morgan fingerprint density at radius 1 is 1.15 bits per heavy atom. The highest BCUT2D eigenvalue weighted by molar-refractivity contribution is 5.81. The minimum atomic E-state index is 0.00165. The Bertz CT molecular complexity index is 603. The van der Waals surface area contributed by atoms with E-state index in [2.05, 4.69) is 10.6 Å². The molecule has 2 aliphatic heterocycles. The SMILES string of the molecule is COc1ccc(CNC(=O)C2CCN(C(=O)C3CCCNC3)CC2)cc1. The average molecular weight is 359 g/mol. The van der Waals surface area contributed by atoms with Crippen LogP contribution in [0.4, 0.5) is 0 Å². The minimum absolute atomic E-state index is 0.00165. The zero-order chi connectivity index (χ0) is 18.4. The van der Waals surface area contributed by atoms with Crippen LogP contribution in [0.2, 0.25) is 0 Å². The zero-order valence-electron chi connectivity index (χ0n) is 15.5. The second kappa shape index (κ2) is 9.03. The number of benzene rings is 1. The fourth-order valence-electron chi connectivity index (χ4n) is 3.76. The number of nitrogens with one attached hydrogen (secondary N) is 2. The first-order valence-electron chi connectivity index (χ1n) is 9.57. The average Bonchev–Trinajstić information content (AvgIpc) is 2.72. The summed E-state index contributed by atoms with van der Waals surface area (Å²) in [5.41, 5.74) is 1.05. The van der Waals surface area contributed by atoms with Gasteiger partial charge in [-0.1, -0.05) is 12.1 Å². The van der Waals surface area contributed by atoms with Gasteiger partial charge in [0.1, 0.15) is 5.75 Å². The Hall–Kier alpha value is -2.08. The van der Waals surface area contributed by atoms with Gasteiger partial charge in [-0.15, -0.1) is 0 Å². The molecule has 0 radical (unpaired) electrons. The molecule has 0 spiro atoms. The number of ether oxygens (including phenoxy) is 1. The highest BCUT2D eigenvalue weighted by Gasteiger charge is 2.31. The maximum atomic E-state index is 12.6. The first-order valence-corrected chi connectivity index (χ1v) is 9.57. The van der Waals surface area contributed by atoms with Crippen LogP contribution in [0.15, 0.2) is 24.3 Å². The van der Waals surface area contributed by atoms with Crippen molar-refractivity contribution in [1.82, 2.24) is 15.5 Å². The van der Waals surface area contributed by atoms with Gasteiger partial charge in [-0.2, -0.15) is 0 Å². The molecule has 1 unspecified atom stereocenters. The van der Waals surface area contributed by atoms with Crippen LogP contribution in [-0.4, -0.2) is 50.0 Å². The summed E-state index contributed by atoms with van der Waals surface area (Å²) in [6.07, 6.45) is 3.55. The molecule has 6 heteroatoms. The summed E-state index contributed by atoms with van der Waals surface area (Å²) >= 11 is 0. The van der Waals surface area contributed by atoms with E-state index in [9.17, 15) is 9.59 Å². The predicted molar refractivity (Wildman–Crippen MR) is 99.7 cm³/mol. The van der Waals surface area contributed by atoms with Crippen LogP contribution in [0.25, 0.3) is 0 Å². The van der Waals surface area contributed by atoms with Crippen LogP contribution in [0.5, 0.6) is 5.75 Å². The lowest BCUT2D eigenvalue weighted by molar-refractivity contribution is -0.139. The number of piperidine rings is 2. The zero-order valence-corrected chi connectivity index (χ0v) is 15.5. The van der Waals surface area contributed by atoms with Crippen molar-refractivity contribution in [1.29, 1.82) is 0 Å². The number of hydrogen-bond donors (Lipinski definition) is 2. The third kappa shape index (κ3) is 4.75. The van der Waals surface area contributed by atoms with E-state index in [0.717, 1.165) is 50.1 Å². The van der Waals surface area contributed by atoms with E-state index < -0.39 is 0 Å². The molecule has 2 heterocycles. The van der Waals surface area contributed by atoms with Crippen molar-refractivity contribution in [2.24, 2.45) is 11.8 Å². The molecule has 26 heavy (non-hydrogen) atoms. The molecular weight excluding hydrogens is 330 g/mol. The lowest BCUT2D eigenvalue weighted by Crippen LogP contribution is -2.47. The van der Waals surface area contributed by atoms with Crippen LogP contribution >= 0.6 is 0 Å². The highest BCUT2D eigenvalue weighted by Crippen LogP contribution is 2.21. The van der Waals surface area contributed by atoms with Crippen LogP contribution < -0.4 is 15.4 Å². The van der Waals surface area contributed by atoms with Crippen LogP contribution in [0, 0.1) is 11.8 Å². The summed E-state index contributed by atoms with van der Waals surface area (Å²) in [5, 5.41) is 6.32. The molecular formula is C20H29N3O3. The van der Waals surface area contributed by atoms with E-state index in [0.29, 0.717) is 19.6 Å². The summed E-state index contributed by atoms with van der Waals surface area (Å²) in [6.45, 7) is 3.71. The van der Waals surface area contributed by atoms with Gasteiger partial charge in [0.2, 0.25) is 11.8 Å². The van der Waals surface area contributed by atoms with Gasteiger partial charge in [0, 0.05) is 32.1 Å². The normalized spacial score (nSPS) is 21.3. The topological polar surface area (TPSA) is 70.7 Å². The molecule has 0 aromatic heterocycles. The van der Waals surface area contributed by atoms with Crippen molar-refractivity contribution in [2.75, 3.05) is 33.3 Å². The van der Waals surface area contributed by atoms with Gasteiger partial charge in [-0.05, 0) is 49.9 Å². The minimum Gasteiger partial charge on any atom is -0.497 e. The molecule has 2 saturated heterocycles. The summed E-state index contributed by atoms with van der Waals surface area (Å²) in [5.74, 6) is 1.28. The fraction of sp³-hybridized carbons (Fsp3) is 0.600. The molecule has 0 saturated carbocycles. The lowest BCUT2D eigenvalue weighted by Gasteiger charge is -2.34. The molecule has 2 aliphatic rings. The number of likely N-dealkylation sites (tertiary alicyclic amines) is 1. The van der Waals surface area contributed by atoms with Gasteiger partial charge >= 0.3 is 0 Å². The first-order chi connectivity index (χ1) is 12.7. The van der Waals surface area contributed by atoms with E-state index in [1.165, 1.54) is 0 Å². The van der Waals surface area contributed by atoms with Gasteiger partial charge in [0.05, 0.1) is 13.0 Å². The third-order valence-corrected chi connectivity index (χ3v) is 5.45.